The highest BCUT2D eigenvalue weighted by Gasteiger charge is 2.43. The minimum atomic E-state index is -0.805. The lowest BCUT2D eigenvalue weighted by Gasteiger charge is -2.40. The highest BCUT2D eigenvalue weighted by Crippen LogP contribution is 2.39. The Morgan fingerprint density at radius 1 is 1.14 bits per heavy atom. The van der Waals surface area contributed by atoms with Gasteiger partial charge in [0.2, 0.25) is 0 Å². The van der Waals surface area contributed by atoms with E-state index in [1.807, 2.05) is 11.8 Å². The van der Waals surface area contributed by atoms with Crippen molar-refractivity contribution in [2.75, 3.05) is 26.2 Å². The molecule has 2 saturated heterocycles. The second-order valence-corrected chi connectivity index (χ2v) is 8.05. The first-order valence-electron chi connectivity index (χ1n) is 9.69. The summed E-state index contributed by atoms with van der Waals surface area (Å²) in [4.78, 5) is 25.2. The largest absolute Gasteiger partial charge is 0.337 e. The number of aryl methyl sites for hydroxylation is 1. The molecule has 2 aliphatic rings. The Morgan fingerprint density at radius 2 is 2.00 bits per heavy atom. The molecule has 0 aliphatic carbocycles. The molecule has 2 fully saturated rings. The van der Waals surface area contributed by atoms with Crippen LogP contribution >= 0.6 is 0 Å². The summed E-state index contributed by atoms with van der Waals surface area (Å²) in [5.41, 5.74) is 1.55. The van der Waals surface area contributed by atoms with Gasteiger partial charge in [-0.05, 0) is 38.8 Å². The quantitative estimate of drug-likeness (QED) is 0.813. The Morgan fingerprint density at radius 3 is 2.79 bits per heavy atom. The Kier molecular flexibility index (Phi) is 5.10. The van der Waals surface area contributed by atoms with E-state index in [0.29, 0.717) is 30.9 Å². The van der Waals surface area contributed by atoms with E-state index in [-0.39, 0.29) is 11.3 Å². The highest BCUT2D eigenvalue weighted by molar-refractivity contribution is 5.92. The van der Waals surface area contributed by atoms with Crippen LogP contribution < -0.4 is 0 Å². The third-order valence-corrected chi connectivity index (χ3v) is 5.89. The Labute approximate surface area is 163 Å². The van der Waals surface area contributed by atoms with Crippen molar-refractivity contribution in [2.45, 2.75) is 32.7 Å². The van der Waals surface area contributed by atoms with Crippen LogP contribution in [0, 0.1) is 24.0 Å². The number of hydrogen-bond donors (Lipinski definition) is 0. The van der Waals surface area contributed by atoms with Gasteiger partial charge in [0.05, 0.1) is 11.9 Å². The van der Waals surface area contributed by atoms with Crippen molar-refractivity contribution in [3.8, 4) is 0 Å². The van der Waals surface area contributed by atoms with Gasteiger partial charge in [-0.1, -0.05) is 12.1 Å². The molecule has 4 rings (SSSR count). The van der Waals surface area contributed by atoms with Crippen LogP contribution in [0.1, 0.15) is 41.0 Å². The molecule has 28 heavy (non-hydrogen) atoms. The van der Waals surface area contributed by atoms with Gasteiger partial charge in [0, 0.05) is 43.4 Å². The van der Waals surface area contributed by atoms with Gasteiger partial charge in [-0.2, -0.15) is 0 Å². The van der Waals surface area contributed by atoms with Crippen LogP contribution in [0.2, 0.25) is 0 Å². The summed E-state index contributed by atoms with van der Waals surface area (Å²) >= 11 is 0. The van der Waals surface area contributed by atoms with Crippen molar-refractivity contribution in [3.05, 3.63) is 59.2 Å². The predicted octanol–water partition coefficient (Wildman–Crippen LogP) is 3.19. The number of nitrogens with zero attached hydrogens (tertiary/aromatic N) is 4. The summed E-state index contributed by atoms with van der Waals surface area (Å²) in [6, 6.07) is 4.33. The van der Waals surface area contributed by atoms with E-state index in [1.54, 1.807) is 18.3 Å². The number of hydrogen-bond acceptors (Lipinski definition) is 4. The number of amides is 1. The minimum Gasteiger partial charge on any atom is -0.337 e. The van der Waals surface area contributed by atoms with Gasteiger partial charge in [-0.15, -0.1) is 0 Å². The fourth-order valence-corrected chi connectivity index (χ4v) is 4.46. The van der Waals surface area contributed by atoms with Crippen LogP contribution in [0.15, 0.2) is 30.6 Å². The van der Waals surface area contributed by atoms with E-state index >= 15 is 0 Å². The standard InChI is InChI=1S/C21H24F2N4O/c1-15-10-25-18(11-24-15)20(28)27-9-7-21(14-27)6-3-8-26(13-21)12-16-4-2-5-17(22)19(16)23/h2,4-5,10-11H,3,6-9,12-14H2,1H3/t21-/m1/s1. The monoisotopic (exact) mass is 386 g/mol. The Bertz CT molecular complexity index is 873. The maximum atomic E-state index is 14.0. The summed E-state index contributed by atoms with van der Waals surface area (Å²) < 4.78 is 27.5. The molecule has 2 aromatic rings. The average Bonchev–Trinajstić information content (AvgIpc) is 3.09. The average molecular weight is 386 g/mol. The lowest BCUT2D eigenvalue weighted by molar-refractivity contribution is 0.0668. The number of carbonyl (C=O) groups excluding carboxylic acids is 1. The van der Waals surface area contributed by atoms with Crippen LogP contribution in [-0.4, -0.2) is 51.9 Å². The fourth-order valence-electron chi connectivity index (χ4n) is 4.46. The van der Waals surface area contributed by atoms with Crippen molar-refractivity contribution in [2.24, 2.45) is 5.41 Å². The zero-order chi connectivity index (χ0) is 19.7. The fraction of sp³-hybridized carbons (Fsp3) is 0.476. The zero-order valence-corrected chi connectivity index (χ0v) is 16.0. The SMILES string of the molecule is Cc1cnc(C(=O)N2CC[C@@]3(CCCN(Cc4cccc(F)c4F)C3)C2)cn1. The number of benzene rings is 1. The van der Waals surface area contributed by atoms with Crippen LogP contribution in [0.25, 0.3) is 0 Å². The second-order valence-electron chi connectivity index (χ2n) is 8.05. The van der Waals surface area contributed by atoms with Crippen LogP contribution in [0.5, 0.6) is 0 Å². The van der Waals surface area contributed by atoms with Crippen molar-refractivity contribution >= 4 is 5.91 Å². The number of piperidine rings is 1. The first-order valence-corrected chi connectivity index (χ1v) is 9.69. The van der Waals surface area contributed by atoms with Gasteiger partial charge in [0.25, 0.3) is 5.91 Å². The first-order chi connectivity index (χ1) is 13.5. The third-order valence-electron chi connectivity index (χ3n) is 5.89. The number of aromatic nitrogens is 2. The Balaban J connectivity index is 1.43. The molecule has 7 heteroatoms. The molecule has 0 bridgehead atoms. The highest BCUT2D eigenvalue weighted by atomic mass is 19.2. The maximum Gasteiger partial charge on any atom is 0.274 e. The maximum absolute atomic E-state index is 14.0. The zero-order valence-electron chi connectivity index (χ0n) is 16.0. The second kappa shape index (κ2) is 7.54. The summed E-state index contributed by atoms with van der Waals surface area (Å²) in [6.07, 6.45) is 6.08. The van der Waals surface area contributed by atoms with E-state index in [4.69, 9.17) is 0 Å². The van der Waals surface area contributed by atoms with E-state index in [2.05, 4.69) is 14.9 Å². The molecular formula is C21H24F2N4O. The van der Waals surface area contributed by atoms with Gasteiger partial charge in [0.15, 0.2) is 11.6 Å². The number of halogens is 2. The lowest BCUT2D eigenvalue weighted by Crippen LogP contribution is -2.45. The van der Waals surface area contributed by atoms with Crippen molar-refractivity contribution in [1.29, 1.82) is 0 Å². The van der Waals surface area contributed by atoms with Crippen molar-refractivity contribution < 1.29 is 13.6 Å². The molecule has 0 N–H and O–H groups in total. The molecule has 1 atom stereocenters. The number of likely N-dealkylation sites (tertiary alicyclic amines) is 2. The number of carbonyl (C=O) groups is 1. The minimum absolute atomic E-state index is 0.00976. The molecule has 148 valence electrons. The molecule has 1 aromatic carbocycles. The first kappa shape index (κ1) is 18.9. The third kappa shape index (κ3) is 3.76. The van der Waals surface area contributed by atoms with Crippen molar-refractivity contribution in [3.63, 3.8) is 0 Å². The molecule has 0 saturated carbocycles. The Hall–Kier alpha value is -2.41. The van der Waals surface area contributed by atoms with Gasteiger partial charge < -0.3 is 4.90 Å². The van der Waals surface area contributed by atoms with Crippen LogP contribution in [0.3, 0.4) is 0 Å². The molecule has 1 spiro atoms. The summed E-state index contributed by atoms with van der Waals surface area (Å²) in [5.74, 6) is -1.65. The van der Waals surface area contributed by atoms with Gasteiger partial charge in [0.1, 0.15) is 5.69 Å². The predicted molar refractivity (Wildman–Crippen MR) is 101 cm³/mol. The summed E-state index contributed by atoms with van der Waals surface area (Å²) in [6.45, 7) is 5.23. The van der Waals surface area contributed by atoms with Crippen LogP contribution in [0.4, 0.5) is 8.78 Å². The van der Waals surface area contributed by atoms with Gasteiger partial charge in [-0.25, -0.2) is 13.8 Å². The molecular weight excluding hydrogens is 362 g/mol. The molecule has 1 amide bonds. The smallest absolute Gasteiger partial charge is 0.274 e. The molecule has 3 heterocycles. The normalized spacial score (nSPS) is 22.8. The summed E-state index contributed by atoms with van der Waals surface area (Å²) in [5, 5.41) is 0. The molecule has 5 nitrogen and oxygen atoms in total. The van der Waals surface area contributed by atoms with Crippen LogP contribution in [-0.2, 0) is 6.54 Å². The van der Waals surface area contributed by atoms with E-state index in [1.165, 1.54) is 6.20 Å². The van der Waals surface area contributed by atoms with E-state index in [0.717, 1.165) is 44.1 Å². The summed E-state index contributed by atoms with van der Waals surface area (Å²) in [7, 11) is 0. The van der Waals surface area contributed by atoms with Crippen molar-refractivity contribution in [1.82, 2.24) is 19.8 Å². The molecule has 0 radical (unpaired) electrons. The molecule has 1 aromatic heterocycles. The van der Waals surface area contributed by atoms with E-state index < -0.39 is 11.6 Å². The van der Waals surface area contributed by atoms with E-state index in [9.17, 15) is 13.6 Å². The lowest BCUT2D eigenvalue weighted by atomic mass is 9.79. The topological polar surface area (TPSA) is 49.3 Å². The van der Waals surface area contributed by atoms with Gasteiger partial charge >= 0.3 is 0 Å². The molecule has 0 unspecified atom stereocenters. The number of rotatable bonds is 3. The molecule has 2 aliphatic heterocycles. The van der Waals surface area contributed by atoms with Gasteiger partial charge in [-0.3, -0.25) is 14.7 Å².